The number of methoxy groups -OCH3 is 1. The third kappa shape index (κ3) is 4.13. The van der Waals surface area contributed by atoms with E-state index in [1.165, 1.54) is 30.5 Å². The first-order valence-corrected chi connectivity index (χ1v) is 6.82. The molecule has 0 saturated heterocycles. The van der Waals surface area contributed by atoms with Crippen LogP contribution >= 0.6 is 15.9 Å². The third-order valence-corrected chi connectivity index (χ3v) is 3.16. The molecule has 2 rings (SSSR count). The lowest BCUT2D eigenvalue weighted by molar-refractivity contribution is 0.0955. The summed E-state index contributed by atoms with van der Waals surface area (Å²) in [5.74, 6) is -0.174. The second-order valence-electron chi connectivity index (χ2n) is 4.09. The molecule has 2 aromatic rings. The highest BCUT2D eigenvalue weighted by atomic mass is 79.9. The molecule has 0 fully saturated rings. The quantitative estimate of drug-likeness (QED) is 0.678. The first kappa shape index (κ1) is 15.2. The molecule has 21 heavy (non-hydrogen) atoms. The number of amides is 1. The summed E-state index contributed by atoms with van der Waals surface area (Å²) in [5, 5.41) is 3.87. The van der Waals surface area contributed by atoms with Crippen molar-refractivity contribution in [2.45, 2.75) is 0 Å². The van der Waals surface area contributed by atoms with Crippen molar-refractivity contribution in [1.82, 2.24) is 5.43 Å². The van der Waals surface area contributed by atoms with Crippen LogP contribution in [0.15, 0.2) is 52.0 Å². The van der Waals surface area contributed by atoms with Gasteiger partial charge in [-0.2, -0.15) is 5.10 Å². The van der Waals surface area contributed by atoms with Crippen LogP contribution in [0.5, 0.6) is 5.75 Å². The zero-order chi connectivity index (χ0) is 15.2. The Labute approximate surface area is 129 Å². The molecule has 0 aliphatic carbocycles. The van der Waals surface area contributed by atoms with Gasteiger partial charge in [0.25, 0.3) is 5.91 Å². The van der Waals surface area contributed by atoms with E-state index in [1.54, 1.807) is 13.2 Å². The normalized spacial score (nSPS) is 10.6. The number of carbonyl (C=O) groups is 1. The van der Waals surface area contributed by atoms with Crippen LogP contribution in [0.3, 0.4) is 0 Å². The number of hydrogen-bond acceptors (Lipinski definition) is 3. The first-order valence-electron chi connectivity index (χ1n) is 6.02. The lowest BCUT2D eigenvalue weighted by Crippen LogP contribution is -2.17. The third-order valence-electron chi connectivity index (χ3n) is 2.67. The summed E-state index contributed by atoms with van der Waals surface area (Å²) in [6.45, 7) is 0. The molecule has 0 aromatic heterocycles. The minimum Gasteiger partial charge on any atom is -0.496 e. The number of hydrogen-bond donors (Lipinski definition) is 1. The van der Waals surface area contributed by atoms with E-state index < -0.39 is 11.7 Å². The van der Waals surface area contributed by atoms with Gasteiger partial charge in [-0.05, 0) is 42.5 Å². The summed E-state index contributed by atoms with van der Waals surface area (Å²) >= 11 is 3.35. The molecule has 1 amide bonds. The molecular formula is C15H12BrFN2O2. The van der Waals surface area contributed by atoms with Crippen molar-refractivity contribution in [3.63, 3.8) is 0 Å². The topological polar surface area (TPSA) is 50.7 Å². The molecule has 0 spiro atoms. The fourth-order valence-corrected chi connectivity index (χ4v) is 2.01. The number of rotatable bonds is 4. The number of benzene rings is 2. The summed E-state index contributed by atoms with van der Waals surface area (Å²) in [6, 6.07) is 10.7. The monoisotopic (exact) mass is 350 g/mol. The van der Waals surface area contributed by atoms with E-state index in [0.717, 1.165) is 4.47 Å². The second-order valence-corrected chi connectivity index (χ2v) is 5.01. The summed E-state index contributed by atoms with van der Waals surface area (Å²) in [6.07, 6.45) is 1.48. The van der Waals surface area contributed by atoms with Crippen LogP contribution in [0.1, 0.15) is 15.9 Å². The molecule has 108 valence electrons. The molecule has 6 heteroatoms. The van der Waals surface area contributed by atoms with Gasteiger partial charge in [-0.15, -0.1) is 0 Å². The Morgan fingerprint density at radius 2 is 2.00 bits per heavy atom. The molecule has 4 nitrogen and oxygen atoms in total. The Morgan fingerprint density at radius 1 is 1.29 bits per heavy atom. The lowest BCUT2D eigenvalue weighted by atomic mass is 10.2. The highest BCUT2D eigenvalue weighted by molar-refractivity contribution is 9.10. The zero-order valence-corrected chi connectivity index (χ0v) is 12.7. The van der Waals surface area contributed by atoms with Gasteiger partial charge in [-0.25, -0.2) is 9.82 Å². The van der Waals surface area contributed by atoms with Crippen molar-refractivity contribution < 1.29 is 13.9 Å². The first-order chi connectivity index (χ1) is 10.1. The molecule has 0 aliphatic heterocycles. The van der Waals surface area contributed by atoms with Crippen LogP contribution in [0.2, 0.25) is 0 Å². The van der Waals surface area contributed by atoms with E-state index in [4.69, 9.17) is 4.74 Å². The fraction of sp³-hybridized carbons (Fsp3) is 0.0667. The highest BCUT2D eigenvalue weighted by Crippen LogP contribution is 2.21. The van der Waals surface area contributed by atoms with Gasteiger partial charge in [0.2, 0.25) is 0 Å². The molecular weight excluding hydrogens is 339 g/mol. The molecule has 0 radical (unpaired) electrons. The van der Waals surface area contributed by atoms with E-state index in [9.17, 15) is 9.18 Å². The summed E-state index contributed by atoms with van der Waals surface area (Å²) in [4.78, 5) is 11.8. The Bertz CT molecular complexity index is 672. The molecule has 0 heterocycles. The number of ether oxygens (including phenoxy) is 1. The summed E-state index contributed by atoms with van der Waals surface area (Å²) in [7, 11) is 1.55. The van der Waals surface area contributed by atoms with E-state index in [2.05, 4.69) is 26.5 Å². The van der Waals surface area contributed by atoms with E-state index >= 15 is 0 Å². The van der Waals surface area contributed by atoms with Crippen molar-refractivity contribution >= 4 is 28.1 Å². The number of nitrogens with zero attached hydrogens (tertiary/aromatic N) is 1. The van der Waals surface area contributed by atoms with E-state index in [0.29, 0.717) is 16.9 Å². The maximum absolute atomic E-state index is 12.8. The maximum atomic E-state index is 12.8. The van der Waals surface area contributed by atoms with E-state index in [1.807, 2.05) is 12.1 Å². The van der Waals surface area contributed by atoms with Crippen molar-refractivity contribution in [2.75, 3.05) is 7.11 Å². The number of carbonyl (C=O) groups excluding carboxylic acids is 1. The van der Waals surface area contributed by atoms with Gasteiger partial charge in [0, 0.05) is 15.6 Å². The maximum Gasteiger partial charge on any atom is 0.271 e. The Hall–Kier alpha value is -2.21. The fourth-order valence-electron chi connectivity index (χ4n) is 1.63. The number of hydrazone groups is 1. The van der Waals surface area contributed by atoms with Crippen LogP contribution in [-0.4, -0.2) is 19.2 Å². The molecule has 1 N–H and O–H groups in total. The smallest absolute Gasteiger partial charge is 0.271 e. The zero-order valence-electron chi connectivity index (χ0n) is 11.1. The molecule has 0 saturated carbocycles. The average molecular weight is 351 g/mol. The molecule has 0 aliphatic rings. The minimum absolute atomic E-state index is 0.328. The minimum atomic E-state index is -0.416. The van der Waals surface area contributed by atoms with Gasteiger partial charge >= 0.3 is 0 Å². The molecule has 0 bridgehead atoms. The van der Waals surface area contributed by atoms with Gasteiger partial charge in [0.15, 0.2) is 0 Å². The number of halogens is 2. The van der Waals surface area contributed by atoms with Crippen LogP contribution in [-0.2, 0) is 0 Å². The average Bonchev–Trinajstić information content (AvgIpc) is 2.48. The van der Waals surface area contributed by atoms with Crippen molar-refractivity contribution in [1.29, 1.82) is 0 Å². The van der Waals surface area contributed by atoms with Crippen molar-refractivity contribution in [2.24, 2.45) is 5.10 Å². The molecule has 2 aromatic carbocycles. The molecule has 0 unspecified atom stereocenters. The van der Waals surface area contributed by atoms with Crippen molar-refractivity contribution in [3.8, 4) is 5.75 Å². The van der Waals surface area contributed by atoms with Crippen LogP contribution in [0.4, 0.5) is 4.39 Å². The van der Waals surface area contributed by atoms with Gasteiger partial charge in [0.05, 0.1) is 13.3 Å². The molecule has 0 atom stereocenters. The van der Waals surface area contributed by atoms with Crippen LogP contribution in [0, 0.1) is 5.82 Å². The predicted molar refractivity (Wildman–Crippen MR) is 82.2 cm³/mol. The van der Waals surface area contributed by atoms with Gasteiger partial charge in [-0.1, -0.05) is 15.9 Å². The van der Waals surface area contributed by atoms with Gasteiger partial charge < -0.3 is 4.74 Å². The highest BCUT2D eigenvalue weighted by Gasteiger charge is 2.04. The van der Waals surface area contributed by atoms with Crippen LogP contribution < -0.4 is 10.2 Å². The number of nitrogens with one attached hydrogen (secondary N) is 1. The summed E-state index contributed by atoms with van der Waals surface area (Å²) in [5.41, 5.74) is 3.42. The SMILES string of the molecule is COc1ccc(Br)cc1/C=N\NC(=O)c1ccc(F)cc1. The Morgan fingerprint density at radius 3 is 2.67 bits per heavy atom. The van der Waals surface area contributed by atoms with Crippen molar-refractivity contribution in [3.05, 3.63) is 63.9 Å². The predicted octanol–water partition coefficient (Wildman–Crippen LogP) is 3.36. The Balaban J connectivity index is 2.07. The summed E-state index contributed by atoms with van der Waals surface area (Å²) < 4.78 is 18.8. The van der Waals surface area contributed by atoms with Crippen LogP contribution in [0.25, 0.3) is 0 Å². The Kier molecular flexibility index (Phi) is 5.05. The second kappa shape index (κ2) is 6.99. The van der Waals surface area contributed by atoms with E-state index in [-0.39, 0.29) is 0 Å². The largest absolute Gasteiger partial charge is 0.496 e. The van der Waals surface area contributed by atoms with Gasteiger partial charge in [0.1, 0.15) is 11.6 Å². The van der Waals surface area contributed by atoms with Gasteiger partial charge in [-0.3, -0.25) is 4.79 Å². The standard InChI is InChI=1S/C15H12BrFN2O2/c1-21-14-7-4-12(16)8-11(14)9-18-19-15(20)10-2-5-13(17)6-3-10/h2-9H,1H3,(H,19,20)/b18-9-. The lowest BCUT2D eigenvalue weighted by Gasteiger charge is -2.04.